The molecule has 0 aliphatic heterocycles. The highest BCUT2D eigenvalue weighted by molar-refractivity contribution is 6.29. The Bertz CT molecular complexity index is 1160. The maximum atomic E-state index is 12.5. The molecule has 3 N–H and O–H groups in total. The zero-order valence-corrected chi connectivity index (χ0v) is 16.4. The Hall–Kier alpha value is -3.45. The topological polar surface area (TPSA) is 95.6 Å². The van der Waals surface area contributed by atoms with Crippen molar-refractivity contribution in [1.29, 1.82) is 0 Å². The van der Waals surface area contributed by atoms with Gasteiger partial charge in [0.25, 0.3) is 0 Å². The number of aromatic nitrogens is 4. The summed E-state index contributed by atoms with van der Waals surface area (Å²) in [7, 11) is 0. The number of hydrogen-bond donors (Lipinski definition) is 3. The second kappa shape index (κ2) is 8.28. The first kappa shape index (κ1) is 18.9. The first-order chi connectivity index (χ1) is 14.1. The van der Waals surface area contributed by atoms with Gasteiger partial charge in [-0.05, 0) is 42.3 Å². The molecule has 146 valence electrons. The molecule has 0 spiro atoms. The molecule has 7 nitrogen and oxygen atoms in total. The van der Waals surface area contributed by atoms with E-state index in [4.69, 9.17) is 11.6 Å². The van der Waals surface area contributed by atoms with Crippen molar-refractivity contribution in [2.45, 2.75) is 19.4 Å². The lowest BCUT2D eigenvalue weighted by molar-refractivity contribution is -0.115. The number of H-pyrrole nitrogens is 1. The predicted octanol–water partition coefficient (Wildman–Crippen LogP) is 4.36. The average Bonchev–Trinajstić information content (AvgIpc) is 3.16. The van der Waals surface area contributed by atoms with E-state index < -0.39 is 0 Å². The van der Waals surface area contributed by atoms with Crippen molar-refractivity contribution >= 4 is 40.0 Å². The summed E-state index contributed by atoms with van der Waals surface area (Å²) in [5.74, 6) is 0.510. The summed E-state index contributed by atoms with van der Waals surface area (Å²) in [6.07, 6.45) is 5.03. The lowest BCUT2D eigenvalue weighted by Gasteiger charge is -2.16. The fourth-order valence-electron chi connectivity index (χ4n) is 3.09. The molecule has 0 fully saturated rings. The van der Waals surface area contributed by atoms with Gasteiger partial charge >= 0.3 is 0 Å². The largest absolute Gasteiger partial charge is 0.362 e. The minimum Gasteiger partial charge on any atom is -0.362 e. The molecule has 1 amide bonds. The fraction of sp³-hybridized carbons (Fsp3) is 0.143. The highest BCUT2D eigenvalue weighted by Gasteiger charge is 2.10. The quantitative estimate of drug-likeness (QED) is 0.442. The van der Waals surface area contributed by atoms with Gasteiger partial charge in [0.05, 0.1) is 42.2 Å². The molecular formula is C21H19ClN6O. The summed E-state index contributed by atoms with van der Waals surface area (Å²) >= 11 is 5.88. The van der Waals surface area contributed by atoms with Crippen LogP contribution < -0.4 is 10.6 Å². The van der Waals surface area contributed by atoms with Crippen molar-refractivity contribution < 1.29 is 4.79 Å². The first-order valence-corrected chi connectivity index (χ1v) is 9.50. The number of rotatable bonds is 6. The van der Waals surface area contributed by atoms with E-state index in [2.05, 4.69) is 30.6 Å². The van der Waals surface area contributed by atoms with E-state index in [-0.39, 0.29) is 18.4 Å². The van der Waals surface area contributed by atoms with Crippen LogP contribution in [0.15, 0.2) is 61.2 Å². The van der Waals surface area contributed by atoms with E-state index in [0.29, 0.717) is 11.0 Å². The van der Waals surface area contributed by atoms with Gasteiger partial charge in [0.1, 0.15) is 11.0 Å². The fourth-order valence-corrected chi connectivity index (χ4v) is 3.23. The molecule has 0 aliphatic rings. The number of nitrogens with one attached hydrogen (secondary N) is 3. The number of halogens is 1. The van der Waals surface area contributed by atoms with E-state index in [0.717, 1.165) is 27.8 Å². The Kier molecular flexibility index (Phi) is 5.39. The van der Waals surface area contributed by atoms with Crippen molar-refractivity contribution in [3.8, 4) is 0 Å². The second-order valence-corrected chi connectivity index (χ2v) is 7.08. The number of carbonyl (C=O) groups is 1. The molecule has 0 radical (unpaired) electrons. The molecular weight excluding hydrogens is 388 g/mol. The zero-order chi connectivity index (χ0) is 20.2. The molecule has 8 heteroatoms. The molecule has 1 atom stereocenters. The zero-order valence-electron chi connectivity index (χ0n) is 15.7. The SMILES string of the molecule is C[C@H](Nc1cncc(Cl)n1)c1cccc(NC(=O)Cc2ccc3nc[nH]c3c2)c1. The third-order valence-corrected chi connectivity index (χ3v) is 4.67. The van der Waals surface area contributed by atoms with Crippen LogP contribution in [0.4, 0.5) is 11.5 Å². The number of amides is 1. The van der Waals surface area contributed by atoms with Gasteiger partial charge < -0.3 is 15.6 Å². The number of aromatic amines is 1. The van der Waals surface area contributed by atoms with Crippen molar-refractivity contribution in [3.63, 3.8) is 0 Å². The Morgan fingerprint density at radius 3 is 2.97 bits per heavy atom. The molecule has 0 saturated heterocycles. The van der Waals surface area contributed by atoms with E-state index in [1.54, 1.807) is 12.5 Å². The van der Waals surface area contributed by atoms with Crippen LogP contribution in [0.1, 0.15) is 24.1 Å². The Balaban J connectivity index is 1.41. The summed E-state index contributed by atoms with van der Waals surface area (Å²) in [5.41, 5.74) is 4.46. The van der Waals surface area contributed by atoms with Gasteiger partial charge in [-0.15, -0.1) is 0 Å². The number of imidazole rings is 1. The third-order valence-electron chi connectivity index (χ3n) is 4.49. The molecule has 4 rings (SSSR count). The van der Waals surface area contributed by atoms with Crippen LogP contribution in [0.5, 0.6) is 0 Å². The van der Waals surface area contributed by atoms with Gasteiger partial charge in [-0.3, -0.25) is 9.78 Å². The lowest BCUT2D eigenvalue weighted by Crippen LogP contribution is -2.15. The first-order valence-electron chi connectivity index (χ1n) is 9.13. The molecule has 0 bridgehead atoms. The Morgan fingerprint density at radius 2 is 2.10 bits per heavy atom. The monoisotopic (exact) mass is 406 g/mol. The predicted molar refractivity (Wildman–Crippen MR) is 114 cm³/mol. The number of benzene rings is 2. The average molecular weight is 407 g/mol. The minimum atomic E-state index is -0.0812. The highest BCUT2D eigenvalue weighted by atomic mass is 35.5. The van der Waals surface area contributed by atoms with E-state index in [9.17, 15) is 4.79 Å². The molecule has 0 unspecified atom stereocenters. The van der Waals surface area contributed by atoms with Crippen LogP contribution in [0.2, 0.25) is 5.15 Å². The minimum absolute atomic E-state index is 0.0394. The molecule has 2 heterocycles. The van der Waals surface area contributed by atoms with E-state index >= 15 is 0 Å². The Morgan fingerprint density at radius 1 is 1.21 bits per heavy atom. The number of carbonyl (C=O) groups excluding carboxylic acids is 1. The van der Waals surface area contributed by atoms with Crippen LogP contribution in [-0.4, -0.2) is 25.8 Å². The van der Waals surface area contributed by atoms with Crippen molar-refractivity contribution in [2.24, 2.45) is 0 Å². The van der Waals surface area contributed by atoms with Crippen molar-refractivity contribution in [3.05, 3.63) is 77.5 Å². The second-order valence-electron chi connectivity index (χ2n) is 6.70. The third kappa shape index (κ3) is 4.70. The van der Waals surface area contributed by atoms with Crippen LogP contribution in [0.3, 0.4) is 0 Å². The molecule has 2 aromatic heterocycles. The highest BCUT2D eigenvalue weighted by Crippen LogP contribution is 2.21. The Labute approximate surface area is 172 Å². The summed E-state index contributed by atoms with van der Waals surface area (Å²) in [5, 5.41) is 6.54. The standard InChI is InChI=1S/C21H19ClN6O/c1-13(26-20-11-23-10-19(22)28-20)15-3-2-4-16(9-15)27-21(29)8-14-5-6-17-18(7-14)25-12-24-17/h2-7,9-13H,8H2,1H3,(H,24,25)(H,26,28)(H,27,29)/t13-/m0/s1. The number of nitrogens with zero attached hydrogens (tertiary/aromatic N) is 3. The molecule has 0 saturated carbocycles. The number of anilines is 2. The summed E-state index contributed by atoms with van der Waals surface area (Å²) < 4.78 is 0. The van der Waals surface area contributed by atoms with Crippen LogP contribution in [0, 0.1) is 0 Å². The van der Waals surface area contributed by atoms with Crippen LogP contribution in [-0.2, 0) is 11.2 Å². The smallest absolute Gasteiger partial charge is 0.228 e. The van der Waals surface area contributed by atoms with Gasteiger partial charge in [0.2, 0.25) is 5.91 Å². The number of fused-ring (bicyclic) bond motifs is 1. The van der Waals surface area contributed by atoms with Gasteiger partial charge in [-0.25, -0.2) is 9.97 Å². The lowest BCUT2D eigenvalue weighted by atomic mass is 10.1. The molecule has 2 aromatic carbocycles. The van der Waals surface area contributed by atoms with Crippen molar-refractivity contribution in [1.82, 2.24) is 19.9 Å². The van der Waals surface area contributed by atoms with Gasteiger partial charge in [-0.2, -0.15) is 0 Å². The van der Waals surface area contributed by atoms with Crippen LogP contribution in [0.25, 0.3) is 11.0 Å². The van der Waals surface area contributed by atoms with Gasteiger partial charge in [0, 0.05) is 5.69 Å². The summed E-state index contributed by atoms with van der Waals surface area (Å²) in [4.78, 5) is 27.9. The molecule has 4 aromatic rings. The summed E-state index contributed by atoms with van der Waals surface area (Å²) in [6.45, 7) is 2.00. The number of hydrogen-bond acceptors (Lipinski definition) is 5. The van der Waals surface area contributed by atoms with E-state index in [1.807, 2.05) is 49.4 Å². The van der Waals surface area contributed by atoms with Crippen molar-refractivity contribution in [2.75, 3.05) is 10.6 Å². The van der Waals surface area contributed by atoms with Gasteiger partial charge in [0.15, 0.2) is 0 Å². The molecule has 29 heavy (non-hydrogen) atoms. The van der Waals surface area contributed by atoms with Gasteiger partial charge in [-0.1, -0.05) is 29.8 Å². The molecule has 0 aliphatic carbocycles. The van der Waals surface area contributed by atoms with Crippen LogP contribution >= 0.6 is 11.6 Å². The summed E-state index contributed by atoms with van der Waals surface area (Å²) in [6, 6.07) is 13.4. The maximum Gasteiger partial charge on any atom is 0.228 e. The normalized spacial score (nSPS) is 11.9. The van der Waals surface area contributed by atoms with E-state index in [1.165, 1.54) is 6.20 Å². The maximum absolute atomic E-state index is 12.5.